The molecule has 0 radical (unpaired) electrons. The van der Waals surface area contributed by atoms with Gasteiger partial charge in [-0.05, 0) is 61.0 Å². The molecule has 6 nitrogen and oxygen atoms in total. The van der Waals surface area contributed by atoms with Crippen molar-refractivity contribution in [3.63, 3.8) is 0 Å². The highest BCUT2D eigenvalue weighted by Gasteiger charge is 2.42. The van der Waals surface area contributed by atoms with Gasteiger partial charge in [0.05, 0.1) is 10.4 Å². The Labute approximate surface area is 199 Å². The first-order valence-electron chi connectivity index (χ1n) is 11.2. The number of hydrogen-bond donors (Lipinski definition) is 1. The minimum atomic E-state index is -4.47. The number of rotatable bonds is 5. The molecular formula is C24H25F3N4O2S. The zero-order valence-electron chi connectivity index (χ0n) is 18.6. The zero-order valence-corrected chi connectivity index (χ0v) is 19.4. The number of benzene rings is 1. The first kappa shape index (κ1) is 22.9. The van der Waals surface area contributed by atoms with Crippen LogP contribution >= 0.6 is 11.3 Å². The zero-order chi connectivity index (χ0) is 23.9. The molecule has 34 heavy (non-hydrogen) atoms. The molecule has 3 saturated heterocycles. The van der Waals surface area contributed by atoms with E-state index < -0.39 is 17.8 Å². The Kier molecular flexibility index (Phi) is 6.11. The number of amides is 1. The van der Waals surface area contributed by atoms with Crippen LogP contribution in [-0.2, 0) is 18.0 Å². The van der Waals surface area contributed by atoms with Crippen LogP contribution in [0.4, 0.5) is 23.7 Å². The van der Waals surface area contributed by atoms with Crippen molar-refractivity contribution in [2.45, 2.75) is 31.0 Å². The van der Waals surface area contributed by atoms with Gasteiger partial charge in [-0.15, -0.1) is 11.3 Å². The number of hydrogen-bond acceptors (Lipinski definition) is 5. The molecule has 1 aromatic carbocycles. The SMILES string of the molecule is Cn1nc(-c2cccs2)cc1C1CN2CCC1CC2COC(=O)Nc1cccc(C(F)(F)F)c1. The van der Waals surface area contributed by atoms with Crippen LogP contribution in [0.25, 0.3) is 10.6 Å². The number of thiophene rings is 1. The maximum absolute atomic E-state index is 12.9. The van der Waals surface area contributed by atoms with E-state index in [4.69, 9.17) is 9.84 Å². The van der Waals surface area contributed by atoms with Gasteiger partial charge in [-0.3, -0.25) is 14.9 Å². The second-order valence-corrected chi connectivity index (χ2v) is 9.84. The molecule has 1 amide bonds. The number of anilines is 1. The summed E-state index contributed by atoms with van der Waals surface area (Å²) in [5.74, 6) is 0.840. The maximum Gasteiger partial charge on any atom is 0.416 e. The fourth-order valence-corrected chi connectivity index (χ4v) is 5.80. The van der Waals surface area contributed by atoms with E-state index in [0.29, 0.717) is 11.8 Å². The molecule has 0 spiro atoms. The van der Waals surface area contributed by atoms with E-state index in [1.54, 1.807) is 11.3 Å². The van der Waals surface area contributed by atoms with Gasteiger partial charge in [-0.2, -0.15) is 18.3 Å². The Morgan fingerprint density at radius 2 is 2.12 bits per heavy atom. The van der Waals surface area contributed by atoms with Crippen molar-refractivity contribution in [1.82, 2.24) is 14.7 Å². The van der Waals surface area contributed by atoms with E-state index >= 15 is 0 Å². The number of fused-ring (bicyclic) bond motifs is 3. The number of halogens is 3. The summed E-state index contributed by atoms with van der Waals surface area (Å²) in [6.45, 7) is 2.03. The van der Waals surface area contributed by atoms with Crippen molar-refractivity contribution in [2.75, 3.05) is 25.0 Å². The first-order valence-corrected chi connectivity index (χ1v) is 12.1. The van der Waals surface area contributed by atoms with Gasteiger partial charge in [0.2, 0.25) is 0 Å². The molecule has 3 aromatic rings. The fourth-order valence-electron chi connectivity index (χ4n) is 5.12. The van der Waals surface area contributed by atoms with Crippen LogP contribution in [-0.4, -0.2) is 46.5 Å². The Morgan fingerprint density at radius 1 is 1.26 bits per heavy atom. The highest BCUT2D eigenvalue weighted by Crippen LogP contribution is 2.42. The number of nitrogens with zero attached hydrogens (tertiary/aromatic N) is 3. The van der Waals surface area contributed by atoms with E-state index in [9.17, 15) is 18.0 Å². The monoisotopic (exact) mass is 490 g/mol. The largest absolute Gasteiger partial charge is 0.448 e. The fraction of sp³-hybridized carbons (Fsp3) is 0.417. The van der Waals surface area contributed by atoms with Gasteiger partial charge in [0.25, 0.3) is 0 Å². The van der Waals surface area contributed by atoms with Crippen LogP contribution < -0.4 is 5.32 Å². The average Bonchev–Trinajstić information content (AvgIpc) is 3.47. The summed E-state index contributed by atoms with van der Waals surface area (Å²) in [5.41, 5.74) is 1.46. The predicted molar refractivity (Wildman–Crippen MR) is 124 cm³/mol. The minimum absolute atomic E-state index is 0.0584. The van der Waals surface area contributed by atoms with Gasteiger partial charge in [-0.25, -0.2) is 4.79 Å². The van der Waals surface area contributed by atoms with Gasteiger partial charge in [0, 0.05) is 36.9 Å². The molecule has 4 atom stereocenters. The van der Waals surface area contributed by atoms with E-state index in [2.05, 4.69) is 22.3 Å². The quantitative estimate of drug-likeness (QED) is 0.506. The third-order valence-electron chi connectivity index (χ3n) is 6.79. The van der Waals surface area contributed by atoms with Crippen LogP contribution in [0.3, 0.4) is 0 Å². The lowest BCUT2D eigenvalue weighted by Crippen LogP contribution is -2.54. The second kappa shape index (κ2) is 9.07. The third kappa shape index (κ3) is 4.69. The minimum Gasteiger partial charge on any atom is -0.448 e. The standard InChI is InChI=1S/C24H25F3N4O2S/c1-30-21(12-20(29-30)22-6-3-9-34-22)19-13-31-8-7-15(19)10-18(31)14-33-23(32)28-17-5-2-4-16(11-17)24(25,26)27/h2-6,9,11-12,15,18-19H,7-8,10,13-14H2,1H3,(H,28,32). The molecule has 3 aliphatic rings. The predicted octanol–water partition coefficient (Wildman–Crippen LogP) is 5.59. The number of nitrogens with one attached hydrogen (secondary N) is 1. The summed E-state index contributed by atoms with van der Waals surface area (Å²) in [4.78, 5) is 15.7. The number of piperidine rings is 3. The van der Waals surface area contributed by atoms with Gasteiger partial charge in [-0.1, -0.05) is 12.1 Å². The molecule has 5 heterocycles. The maximum atomic E-state index is 12.9. The van der Waals surface area contributed by atoms with Crippen LogP contribution in [0.15, 0.2) is 47.8 Å². The van der Waals surface area contributed by atoms with Crippen molar-refractivity contribution in [2.24, 2.45) is 13.0 Å². The van der Waals surface area contributed by atoms with Crippen molar-refractivity contribution in [3.05, 3.63) is 59.1 Å². The summed E-state index contributed by atoms with van der Waals surface area (Å²) >= 11 is 1.68. The second-order valence-electron chi connectivity index (χ2n) is 8.90. The van der Waals surface area contributed by atoms with Crippen molar-refractivity contribution < 1.29 is 22.7 Å². The van der Waals surface area contributed by atoms with E-state index in [0.717, 1.165) is 48.6 Å². The van der Waals surface area contributed by atoms with Crippen LogP contribution in [0, 0.1) is 5.92 Å². The van der Waals surface area contributed by atoms with Gasteiger partial charge >= 0.3 is 12.3 Å². The molecule has 180 valence electrons. The smallest absolute Gasteiger partial charge is 0.416 e. The number of aromatic nitrogens is 2. The lowest BCUT2D eigenvalue weighted by Gasteiger charge is -2.49. The summed E-state index contributed by atoms with van der Waals surface area (Å²) in [5, 5.41) is 9.17. The Hall–Kier alpha value is -2.85. The number of alkyl halides is 3. The molecule has 1 N–H and O–H groups in total. The van der Waals surface area contributed by atoms with Crippen molar-refractivity contribution in [3.8, 4) is 10.6 Å². The van der Waals surface area contributed by atoms with Crippen LogP contribution in [0.1, 0.15) is 30.0 Å². The van der Waals surface area contributed by atoms with E-state index in [-0.39, 0.29) is 18.3 Å². The van der Waals surface area contributed by atoms with E-state index in [1.807, 2.05) is 23.2 Å². The van der Waals surface area contributed by atoms with E-state index in [1.165, 1.54) is 17.8 Å². The van der Waals surface area contributed by atoms with Crippen molar-refractivity contribution in [1.29, 1.82) is 0 Å². The highest BCUT2D eigenvalue weighted by molar-refractivity contribution is 7.13. The number of ether oxygens (including phenoxy) is 1. The molecule has 0 saturated carbocycles. The summed E-state index contributed by atoms with van der Waals surface area (Å²) in [6.07, 6.45) is -3.23. The van der Waals surface area contributed by atoms with Crippen molar-refractivity contribution >= 4 is 23.1 Å². The Balaban J connectivity index is 1.18. The van der Waals surface area contributed by atoms with Gasteiger partial charge < -0.3 is 4.74 Å². The Bertz CT molecular complexity index is 1160. The first-order chi connectivity index (χ1) is 16.3. The lowest BCUT2D eigenvalue weighted by atomic mass is 9.74. The number of carbonyl (C=O) groups excluding carboxylic acids is 1. The molecule has 3 fully saturated rings. The molecule has 0 aliphatic carbocycles. The highest BCUT2D eigenvalue weighted by atomic mass is 32.1. The topological polar surface area (TPSA) is 59.4 Å². The normalized spacial score (nSPS) is 24.2. The molecule has 4 unspecified atom stereocenters. The molecule has 6 rings (SSSR count). The molecule has 10 heteroatoms. The van der Waals surface area contributed by atoms with Gasteiger partial charge in [0.1, 0.15) is 12.3 Å². The number of carbonyl (C=O) groups is 1. The average molecular weight is 491 g/mol. The van der Waals surface area contributed by atoms with Gasteiger partial charge in [0.15, 0.2) is 0 Å². The summed E-state index contributed by atoms with van der Waals surface area (Å²) < 4.78 is 46.0. The third-order valence-corrected chi connectivity index (χ3v) is 7.68. The number of aryl methyl sites for hydroxylation is 1. The summed E-state index contributed by atoms with van der Waals surface area (Å²) in [6, 6.07) is 10.9. The lowest BCUT2D eigenvalue weighted by molar-refractivity contribution is -0.137. The Morgan fingerprint density at radius 3 is 2.82 bits per heavy atom. The molecule has 2 bridgehead atoms. The molecule has 3 aliphatic heterocycles. The van der Waals surface area contributed by atoms with Crippen LogP contribution in [0.2, 0.25) is 0 Å². The summed E-state index contributed by atoms with van der Waals surface area (Å²) in [7, 11) is 1.99. The molecule has 2 aromatic heterocycles. The van der Waals surface area contributed by atoms with Crippen LogP contribution in [0.5, 0.6) is 0 Å². The molecular weight excluding hydrogens is 465 g/mol.